The molecule has 0 saturated heterocycles. The Morgan fingerprint density at radius 1 is 0.636 bits per heavy atom. The number of alkyl halides is 3. The summed E-state index contributed by atoms with van der Waals surface area (Å²) in [5, 5.41) is 19.1. The normalized spacial score (nSPS) is 17.8. The second-order valence-corrected chi connectivity index (χ2v) is 22.7. The average molecular weight is 1060 g/mol. The number of aryl methyl sites for hydroxylation is 2. The van der Waals surface area contributed by atoms with Crippen LogP contribution in [-0.2, 0) is 20.6 Å². The SMILES string of the molecule is CCC(C)(C)[C@H](C)C(=O)Nc1nc2ccc(C(F)(F)F)nc2n1C1CCC1.Cc1ccc2nc(NC(=O)C[C@H](O)c3ccccc3)n(C3CCC3)c2n1.Cc1ccc2nc(NC(=O)[C@@H](C)C3(C)CCC3)n(C3CCC3)c2n1. The lowest BCUT2D eigenvalue weighted by Crippen LogP contribution is -2.40. The molecule has 19 heteroatoms. The molecule has 4 aliphatic rings. The molecule has 4 aliphatic carbocycles. The minimum absolute atomic E-state index is 0.00958. The summed E-state index contributed by atoms with van der Waals surface area (Å²) in [7, 11) is 0. The van der Waals surface area contributed by atoms with Crippen LogP contribution in [0.15, 0.2) is 66.7 Å². The zero-order valence-electron chi connectivity index (χ0n) is 45.5. The van der Waals surface area contributed by atoms with Gasteiger partial charge in [0.2, 0.25) is 35.6 Å². The van der Waals surface area contributed by atoms with Gasteiger partial charge in [-0.25, -0.2) is 29.9 Å². The minimum atomic E-state index is -4.52. The predicted molar refractivity (Wildman–Crippen MR) is 292 cm³/mol. The Balaban J connectivity index is 0.000000141. The zero-order valence-corrected chi connectivity index (χ0v) is 45.5. The van der Waals surface area contributed by atoms with Crippen LogP contribution in [0.2, 0.25) is 0 Å². The molecule has 0 bridgehead atoms. The number of carbonyl (C=O) groups is 3. The quantitative estimate of drug-likeness (QED) is 0.0812. The lowest BCUT2D eigenvalue weighted by molar-refractivity contribution is -0.141. The first kappa shape index (κ1) is 55.0. The summed E-state index contributed by atoms with van der Waals surface area (Å²) < 4.78 is 45.1. The largest absolute Gasteiger partial charge is 0.433 e. The zero-order chi connectivity index (χ0) is 55.0. The number of hydrogen-bond acceptors (Lipinski definition) is 10. The number of hydrogen-bond donors (Lipinski definition) is 4. The van der Waals surface area contributed by atoms with Gasteiger partial charge in [-0.3, -0.25) is 44.0 Å². The van der Waals surface area contributed by atoms with E-state index in [0.717, 1.165) is 110 Å². The van der Waals surface area contributed by atoms with Crippen molar-refractivity contribution in [3.05, 3.63) is 89.4 Å². The van der Waals surface area contributed by atoms with E-state index in [9.17, 15) is 32.7 Å². The summed E-state index contributed by atoms with van der Waals surface area (Å²) in [6.45, 7) is 16.1. The molecule has 3 amide bonds. The van der Waals surface area contributed by atoms with Crippen LogP contribution in [0, 0.1) is 36.5 Å². The van der Waals surface area contributed by atoms with Gasteiger partial charge in [-0.05, 0) is 137 Å². The maximum absolute atomic E-state index is 13.1. The van der Waals surface area contributed by atoms with E-state index in [-0.39, 0.29) is 64.4 Å². The number of pyridine rings is 3. The average Bonchev–Trinajstić information content (AvgIpc) is 4.02. The Bertz CT molecular complexity index is 3260. The van der Waals surface area contributed by atoms with E-state index in [1.165, 1.54) is 25.3 Å². The van der Waals surface area contributed by atoms with Crippen molar-refractivity contribution in [1.29, 1.82) is 0 Å². The van der Waals surface area contributed by atoms with Crippen LogP contribution in [-0.4, -0.2) is 66.4 Å². The third kappa shape index (κ3) is 11.7. The highest BCUT2D eigenvalue weighted by atomic mass is 19.4. The fraction of sp³-hybridized carbons (Fsp3) is 0.534. The van der Waals surface area contributed by atoms with E-state index < -0.39 is 18.0 Å². The summed E-state index contributed by atoms with van der Waals surface area (Å²) in [5.74, 6) is 0.866. The molecular weight excluding hydrogens is 986 g/mol. The summed E-state index contributed by atoms with van der Waals surface area (Å²) in [4.78, 5) is 64.7. The number of carbonyl (C=O) groups excluding carboxylic acids is 3. The number of anilines is 3. The monoisotopic (exact) mass is 1060 g/mol. The number of fused-ring (bicyclic) bond motifs is 3. The smallest absolute Gasteiger partial charge is 0.388 e. The molecule has 4 N–H and O–H groups in total. The Kier molecular flexibility index (Phi) is 15.9. The molecule has 4 fully saturated rings. The predicted octanol–water partition coefficient (Wildman–Crippen LogP) is 12.9. The highest BCUT2D eigenvalue weighted by Gasteiger charge is 2.42. The van der Waals surface area contributed by atoms with E-state index >= 15 is 0 Å². The number of aliphatic hydroxyl groups is 1. The van der Waals surface area contributed by atoms with Crippen molar-refractivity contribution < 1.29 is 32.7 Å². The minimum Gasteiger partial charge on any atom is -0.388 e. The third-order valence-electron chi connectivity index (χ3n) is 17.2. The van der Waals surface area contributed by atoms with E-state index in [1.807, 2.05) is 108 Å². The molecule has 1 aromatic carbocycles. The van der Waals surface area contributed by atoms with Gasteiger partial charge in [0, 0.05) is 41.3 Å². The molecule has 6 aromatic heterocycles. The summed E-state index contributed by atoms with van der Waals surface area (Å²) in [6, 6.07) is 20.0. The van der Waals surface area contributed by atoms with Crippen LogP contribution in [0.3, 0.4) is 0 Å². The number of nitrogens with one attached hydrogen (secondary N) is 3. The van der Waals surface area contributed by atoms with Crippen molar-refractivity contribution in [3.63, 3.8) is 0 Å². The van der Waals surface area contributed by atoms with Crippen LogP contribution < -0.4 is 16.0 Å². The number of aromatic nitrogens is 9. The van der Waals surface area contributed by atoms with E-state index in [0.29, 0.717) is 29.5 Å². The van der Waals surface area contributed by atoms with Gasteiger partial charge in [0.25, 0.3) is 0 Å². The number of nitrogens with zero attached hydrogens (tertiary/aromatic N) is 9. The second-order valence-electron chi connectivity index (χ2n) is 22.7. The van der Waals surface area contributed by atoms with Gasteiger partial charge < -0.3 is 5.11 Å². The summed E-state index contributed by atoms with van der Waals surface area (Å²) in [6.07, 6.45) is 8.46. The Hall–Kier alpha value is -6.76. The lowest BCUT2D eigenvalue weighted by atomic mass is 9.63. The van der Waals surface area contributed by atoms with Gasteiger partial charge >= 0.3 is 6.18 Å². The van der Waals surface area contributed by atoms with Gasteiger partial charge in [0.15, 0.2) is 16.9 Å². The number of aliphatic hydroxyl groups excluding tert-OH is 1. The number of halogens is 3. The van der Waals surface area contributed by atoms with E-state index in [2.05, 4.69) is 57.3 Å². The molecule has 3 atom stereocenters. The molecule has 0 unspecified atom stereocenters. The maximum Gasteiger partial charge on any atom is 0.433 e. The van der Waals surface area contributed by atoms with Crippen LogP contribution in [0.5, 0.6) is 0 Å². The summed E-state index contributed by atoms with van der Waals surface area (Å²) >= 11 is 0. The third-order valence-corrected chi connectivity index (χ3v) is 17.2. The van der Waals surface area contributed by atoms with E-state index in [4.69, 9.17) is 0 Å². The van der Waals surface area contributed by atoms with Crippen molar-refractivity contribution in [3.8, 4) is 0 Å². The van der Waals surface area contributed by atoms with Crippen molar-refractivity contribution in [1.82, 2.24) is 43.6 Å². The number of imidazole rings is 3. The van der Waals surface area contributed by atoms with Crippen LogP contribution >= 0.6 is 0 Å². The molecule has 0 radical (unpaired) electrons. The Morgan fingerprint density at radius 2 is 1.08 bits per heavy atom. The van der Waals surface area contributed by atoms with Gasteiger partial charge in [0.05, 0.1) is 12.5 Å². The van der Waals surface area contributed by atoms with Crippen LogP contribution in [0.4, 0.5) is 31.0 Å². The topological polar surface area (TPSA) is 200 Å². The molecule has 77 heavy (non-hydrogen) atoms. The van der Waals surface area contributed by atoms with Crippen molar-refractivity contribution in [2.24, 2.45) is 22.7 Å². The van der Waals surface area contributed by atoms with E-state index in [1.54, 1.807) is 4.57 Å². The fourth-order valence-electron chi connectivity index (χ4n) is 10.2. The highest BCUT2D eigenvalue weighted by molar-refractivity contribution is 5.94. The fourth-order valence-corrected chi connectivity index (χ4v) is 10.2. The first-order valence-electron chi connectivity index (χ1n) is 27.5. The van der Waals surface area contributed by atoms with Crippen LogP contribution in [0.25, 0.3) is 33.5 Å². The molecule has 6 heterocycles. The maximum atomic E-state index is 13.1. The van der Waals surface area contributed by atoms with Gasteiger partial charge in [-0.2, -0.15) is 13.2 Å². The van der Waals surface area contributed by atoms with Crippen molar-refractivity contribution in [2.75, 3.05) is 16.0 Å². The molecular formula is C58H73F3N12O4. The Labute approximate surface area is 447 Å². The highest BCUT2D eigenvalue weighted by Crippen LogP contribution is 2.47. The second kappa shape index (κ2) is 22.3. The van der Waals surface area contributed by atoms with Gasteiger partial charge in [-0.1, -0.05) is 84.7 Å². The number of rotatable bonds is 14. The van der Waals surface area contributed by atoms with Crippen molar-refractivity contribution >= 4 is 69.1 Å². The molecule has 0 spiro atoms. The first-order valence-corrected chi connectivity index (χ1v) is 27.5. The molecule has 7 aromatic rings. The van der Waals surface area contributed by atoms with Gasteiger partial charge in [0.1, 0.15) is 22.2 Å². The lowest BCUT2D eigenvalue weighted by Gasteiger charge is -2.42. The van der Waals surface area contributed by atoms with Crippen LogP contribution in [0.1, 0.15) is 178 Å². The number of amides is 3. The Morgan fingerprint density at radius 3 is 1.49 bits per heavy atom. The standard InChI is InChI=1S/C20H22N4O2.C19H25F3N4O.C19H26N4O/c1-13-10-11-16-19(21-13)24(15-8-5-9-15)20(22-16)23-18(26)12-17(25)14-6-3-2-4-7-14;1-5-18(3,4)11(2)16(27)25-17-23-13-9-10-14(19(20,21)22)24-15(13)26(17)12-7-6-8-12;1-12-8-9-15-16(20-12)23(14-6-4-7-14)18(21-15)22-17(24)13(2)19(3)10-5-11-19/h2-4,6-7,10-11,15,17,25H,5,8-9,12H2,1H3,(H,22,23,26);9-12H,5-8H2,1-4H3,(H,23,25,27);8-9,13-14H,4-7,10-11H2,1-3H3,(H,21,22,24)/t17-;11-;13-/m011/s1. The molecule has 11 rings (SSSR count). The molecule has 410 valence electrons. The summed E-state index contributed by atoms with van der Waals surface area (Å²) in [5.41, 5.74) is 5.52. The molecule has 16 nitrogen and oxygen atoms in total. The molecule has 0 aliphatic heterocycles. The van der Waals surface area contributed by atoms with Gasteiger partial charge in [-0.15, -0.1) is 0 Å². The first-order chi connectivity index (χ1) is 36.6. The molecule has 4 saturated carbocycles. The number of benzene rings is 1. The van der Waals surface area contributed by atoms with Crippen molar-refractivity contribution in [2.45, 2.75) is 176 Å².